The lowest BCUT2D eigenvalue weighted by Gasteiger charge is -2.27. The Bertz CT molecular complexity index is 3470. The number of unbranched alkanes of at least 4 members (excludes halogenated alkanes) is 1. The number of para-hydroxylation sites is 2. The van der Waals surface area contributed by atoms with E-state index >= 15 is 0 Å². The number of fused-ring (bicyclic) bond motifs is 5. The first-order chi connectivity index (χ1) is 45.3. The van der Waals surface area contributed by atoms with Crippen LogP contribution in [0.2, 0.25) is 0 Å². The van der Waals surface area contributed by atoms with Gasteiger partial charge in [0.25, 0.3) is 0 Å². The molecule has 6 heterocycles. The number of hydrogen-bond donors (Lipinski definition) is 14. The Morgan fingerprint density at radius 2 is 1.33 bits per heavy atom. The standard InChI is InChI=1S/C62H85N17O14S/c1-35(2)54-61(89)68-31-52(82)69-43(56(64)84)15-9-10-19-79-32-38(77-78-79)27-46(70-53(83)33-93-24-23-92-22-21-91-20-18-65-51(81)17-8-7-16-49-55-48(34-94-49)74-62(90)76-55)58(86)71-44(25-36-29-66-41-13-5-3-11-39(36)41)57(85)73-47(28-50(63)80)59(87)72-45(60(88)75-54)26-37-30-67-42-14-6-4-12-40(37)42/h3-6,11-14,29-30,32,35,43-49,54-55,66-67H,7-10,15-28,31,33-34H2,1-2H3,(H2,63,80)(H2,64,84)(H,65,81)(H,68,89)(H,69,82)(H,70,83)(H,71,86)(H,72,87)(H,73,85)(H,75,88)(H2,74,76,90)/t43-,44+,45+,46-,47+,48+,49+,54-,55+/m0/s1. The molecule has 508 valence electrons. The number of aromatic nitrogens is 5. The van der Waals surface area contributed by atoms with Gasteiger partial charge in [0.05, 0.1) is 63.8 Å². The first kappa shape index (κ1) is 70.7. The zero-order valence-corrected chi connectivity index (χ0v) is 53.4. The van der Waals surface area contributed by atoms with Crippen LogP contribution in [0, 0.1) is 5.92 Å². The molecule has 16 N–H and O–H groups in total. The second-order valence-electron chi connectivity index (χ2n) is 23.7. The number of nitrogens with two attached hydrogens (primary N) is 2. The maximum Gasteiger partial charge on any atom is 0.315 e. The smallest absolute Gasteiger partial charge is 0.315 e. The molecule has 0 saturated carbocycles. The molecule has 3 aliphatic rings. The number of aryl methyl sites for hydroxylation is 1. The molecule has 8 rings (SSSR count). The molecule has 5 aromatic rings. The quantitative estimate of drug-likeness (QED) is 0.0231. The fourth-order valence-corrected chi connectivity index (χ4v) is 12.9. The summed E-state index contributed by atoms with van der Waals surface area (Å²) < 4.78 is 18.3. The van der Waals surface area contributed by atoms with E-state index < -0.39 is 115 Å². The summed E-state index contributed by atoms with van der Waals surface area (Å²) in [7, 11) is 0. The normalized spacial score (nSPS) is 23.0. The van der Waals surface area contributed by atoms with Gasteiger partial charge in [-0.1, -0.05) is 61.9 Å². The Balaban J connectivity index is 0.933. The van der Waals surface area contributed by atoms with Crippen molar-refractivity contribution in [1.82, 2.24) is 78.1 Å². The van der Waals surface area contributed by atoms with Gasteiger partial charge >= 0.3 is 6.03 Å². The summed E-state index contributed by atoms with van der Waals surface area (Å²) in [5, 5.41) is 37.4. The van der Waals surface area contributed by atoms with Crippen molar-refractivity contribution in [2.45, 2.75) is 145 Å². The molecule has 0 spiro atoms. The summed E-state index contributed by atoms with van der Waals surface area (Å²) >= 11 is 1.84. The molecule has 2 fully saturated rings. The number of aromatic amines is 2. The van der Waals surface area contributed by atoms with Crippen LogP contribution in [-0.4, -0.2) is 202 Å². The number of benzene rings is 2. The third kappa shape index (κ3) is 21.2. The van der Waals surface area contributed by atoms with Crippen molar-refractivity contribution in [3.63, 3.8) is 0 Å². The second-order valence-corrected chi connectivity index (χ2v) is 25.0. The van der Waals surface area contributed by atoms with Gasteiger partial charge < -0.3 is 88.8 Å². The van der Waals surface area contributed by atoms with Crippen molar-refractivity contribution in [2.24, 2.45) is 17.4 Å². The second kappa shape index (κ2) is 35.2. The highest BCUT2D eigenvalue weighted by atomic mass is 32.2. The minimum atomic E-state index is -1.75. The summed E-state index contributed by atoms with van der Waals surface area (Å²) in [6.45, 7) is 3.52. The number of H-pyrrole nitrogens is 2. The third-order valence-electron chi connectivity index (χ3n) is 16.3. The zero-order valence-electron chi connectivity index (χ0n) is 52.6. The van der Waals surface area contributed by atoms with Gasteiger partial charge in [0.1, 0.15) is 42.9 Å². The van der Waals surface area contributed by atoms with Crippen LogP contribution in [0.15, 0.2) is 67.1 Å². The summed E-state index contributed by atoms with van der Waals surface area (Å²) in [6.07, 6.45) is 7.26. The van der Waals surface area contributed by atoms with E-state index in [2.05, 4.69) is 73.4 Å². The van der Waals surface area contributed by atoms with Crippen LogP contribution in [0.3, 0.4) is 0 Å². The molecule has 9 atom stereocenters. The predicted molar refractivity (Wildman–Crippen MR) is 343 cm³/mol. The summed E-state index contributed by atoms with van der Waals surface area (Å²) in [4.78, 5) is 155. The van der Waals surface area contributed by atoms with Crippen molar-refractivity contribution >= 4 is 98.7 Å². The number of thioether (sulfide) groups is 1. The lowest BCUT2D eigenvalue weighted by atomic mass is 10.00. The fraction of sp³-hybridized carbons (Fsp3) is 0.532. The molecule has 3 aromatic heterocycles. The Kier molecular flexibility index (Phi) is 26.5. The highest BCUT2D eigenvalue weighted by molar-refractivity contribution is 8.00. The molecule has 0 radical (unpaired) electrons. The Morgan fingerprint density at radius 3 is 2.00 bits per heavy atom. The van der Waals surface area contributed by atoms with E-state index in [9.17, 15) is 52.7 Å². The van der Waals surface area contributed by atoms with Gasteiger partial charge in [0.2, 0.25) is 59.1 Å². The SMILES string of the molecule is CC(C)[C@@H]1NC(=O)[C@@H](Cc2c[nH]c3ccccc23)NC(=O)[C@@H](CC(N)=O)NC(=O)[C@@H](Cc2c[nH]c3ccccc23)NC(=O)[C@@H](NC(=O)COCCOCCOCCNC(=O)CCCC[C@H]2SC[C@H]3NC(=O)N[C@H]32)Cc2cn(nn2)CCCC[C@@H](C(N)=O)NC(=O)CNC1=O. The number of urea groups is 1. The third-order valence-corrected chi connectivity index (χ3v) is 17.8. The number of nitrogens with one attached hydrogen (secondary N) is 12. The number of hydrogen-bond acceptors (Lipinski definition) is 17. The molecule has 2 saturated heterocycles. The molecule has 0 aliphatic carbocycles. The molecule has 2 aromatic carbocycles. The van der Waals surface area contributed by atoms with Crippen molar-refractivity contribution < 1.29 is 67.0 Å². The summed E-state index contributed by atoms with van der Waals surface area (Å²) in [5.41, 5.74) is 14.2. The maximum atomic E-state index is 14.9. The monoisotopic (exact) mass is 1320 g/mol. The molecule has 31 nitrogen and oxygen atoms in total. The maximum absolute atomic E-state index is 14.9. The number of primary amides is 2. The van der Waals surface area contributed by atoms with Gasteiger partial charge in [-0.3, -0.25) is 52.6 Å². The van der Waals surface area contributed by atoms with Crippen molar-refractivity contribution in [2.75, 3.05) is 58.5 Å². The Morgan fingerprint density at radius 1 is 0.702 bits per heavy atom. The highest BCUT2D eigenvalue weighted by Gasteiger charge is 2.43. The minimum Gasteiger partial charge on any atom is -0.377 e. The van der Waals surface area contributed by atoms with E-state index in [4.69, 9.17) is 25.7 Å². The summed E-state index contributed by atoms with van der Waals surface area (Å²) in [6, 6.07) is 6.00. The molecule has 3 aliphatic heterocycles. The van der Waals surface area contributed by atoms with E-state index in [0.29, 0.717) is 64.0 Å². The number of carbonyl (C=O) groups is 11. The van der Waals surface area contributed by atoms with E-state index in [1.165, 1.54) is 4.68 Å². The Hall–Kier alpha value is -9.14. The average Bonchev–Trinajstić information content (AvgIpc) is 1.67. The topological polar surface area (TPSA) is 450 Å². The Labute approximate surface area is 546 Å². The van der Waals surface area contributed by atoms with Crippen LogP contribution >= 0.6 is 11.8 Å². The van der Waals surface area contributed by atoms with Crippen LogP contribution in [0.25, 0.3) is 21.8 Å². The number of ether oxygens (including phenoxy) is 3. The van der Waals surface area contributed by atoms with Crippen molar-refractivity contribution in [1.29, 1.82) is 0 Å². The molecular weight excluding hydrogens is 1240 g/mol. The van der Waals surface area contributed by atoms with Crippen LogP contribution in [0.5, 0.6) is 0 Å². The van der Waals surface area contributed by atoms with Gasteiger partial charge in [0, 0.05) is 90.2 Å². The molecule has 2 bridgehead atoms. The molecule has 0 unspecified atom stereocenters. The zero-order chi connectivity index (χ0) is 67.1. The van der Waals surface area contributed by atoms with Gasteiger partial charge in [-0.05, 0) is 61.3 Å². The molecule has 12 amide bonds. The largest absolute Gasteiger partial charge is 0.377 e. The number of nitrogens with zero attached hydrogens (tertiary/aromatic N) is 3. The predicted octanol–water partition coefficient (Wildman–Crippen LogP) is -1.61. The number of carbonyl (C=O) groups excluding carboxylic acids is 11. The van der Waals surface area contributed by atoms with E-state index in [1.807, 2.05) is 23.9 Å². The van der Waals surface area contributed by atoms with Gasteiger partial charge in [-0.2, -0.15) is 11.8 Å². The minimum absolute atomic E-state index is 0.0237. The van der Waals surface area contributed by atoms with Crippen LogP contribution in [-0.2, 0) is 88.0 Å². The van der Waals surface area contributed by atoms with E-state index in [1.54, 1.807) is 68.8 Å². The van der Waals surface area contributed by atoms with Crippen molar-refractivity contribution in [3.05, 3.63) is 83.9 Å². The summed E-state index contributed by atoms with van der Waals surface area (Å²) in [5.74, 6) is -7.54. The van der Waals surface area contributed by atoms with E-state index in [0.717, 1.165) is 25.0 Å². The van der Waals surface area contributed by atoms with Gasteiger partial charge in [0.15, 0.2) is 0 Å². The molecule has 94 heavy (non-hydrogen) atoms. The fourth-order valence-electron chi connectivity index (χ4n) is 11.3. The number of rotatable bonds is 25. The lowest BCUT2D eigenvalue weighted by molar-refractivity contribution is -0.136. The van der Waals surface area contributed by atoms with Crippen LogP contribution < -0.4 is 64.6 Å². The molecular formula is C62H85N17O14S. The molecule has 32 heteroatoms. The van der Waals surface area contributed by atoms with Crippen molar-refractivity contribution in [3.8, 4) is 0 Å². The lowest BCUT2D eigenvalue weighted by Crippen LogP contribution is -2.61. The first-order valence-corrected chi connectivity index (χ1v) is 32.7. The number of amides is 12. The first-order valence-electron chi connectivity index (χ1n) is 31.6. The van der Waals surface area contributed by atoms with Crippen LogP contribution in [0.4, 0.5) is 4.79 Å². The van der Waals surface area contributed by atoms with Gasteiger partial charge in [-0.15, -0.1) is 5.10 Å². The highest BCUT2D eigenvalue weighted by Crippen LogP contribution is 2.33. The van der Waals surface area contributed by atoms with Gasteiger partial charge in [-0.25, -0.2) is 4.79 Å². The average molecular weight is 1320 g/mol. The van der Waals surface area contributed by atoms with Crippen LogP contribution in [0.1, 0.15) is 82.0 Å². The van der Waals surface area contributed by atoms with E-state index in [-0.39, 0.29) is 95.0 Å².